The number of carbonyl (C=O) groups excluding carboxylic acids is 1. The molecule has 7 heteroatoms. The van der Waals surface area contributed by atoms with Crippen LogP contribution in [0, 0.1) is 0 Å². The molecule has 2 rings (SSSR count). The van der Waals surface area contributed by atoms with Gasteiger partial charge in [0.05, 0.1) is 17.3 Å². The molecule has 1 amide bonds. The molecular formula is C12H11BrClN3O2. The summed E-state index contributed by atoms with van der Waals surface area (Å²) in [6, 6.07) is 6.99. The van der Waals surface area contributed by atoms with Crippen molar-refractivity contribution in [2.24, 2.45) is 0 Å². The predicted molar refractivity (Wildman–Crippen MR) is 75.1 cm³/mol. The minimum absolute atomic E-state index is 0.0878. The van der Waals surface area contributed by atoms with Gasteiger partial charge in [0.2, 0.25) is 0 Å². The number of rotatable bonds is 5. The third-order valence-corrected chi connectivity index (χ3v) is 3.08. The van der Waals surface area contributed by atoms with E-state index in [9.17, 15) is 4.79 Å². The van der Waals surface area contributed by atoms with Gasteiger partial charge in [-0.25, -0.2) is 0 Å². The Kier molecular flexibility index (Phi) is 4.81. The van der Waals surface area contributed by atoms with E-state index in [2.05, 4.69) is 31.4 Å². The number of carbonyl (C=O) groups is 1. The van der Waals surface area contributed by atoms with Crippen molar-refractivity contribution in [3.8, 4) is 5.75 Å². The van der Waals surface area contributed by atoms with Crippen molar-refractivity contribution in [3.63, 3.8) is 0 Å². The van der Waals surface area contributed by atoms with E-state index in [4.69, 9.17) is 16.3 Å². The van der Waals surface area contributed by atoms with E-state index in [0.717, 1.165) is 10.2 Å². The molecule has 0 saturated heterocycles. The minimum atomic E-state index is -0.228. The van der Waals surface area contributed by atoms with Crippen molar-refractivity contribution in [2.75, 3.05) is 6.61 Å². The number of ether oxygens (including phenoxy) is 1. The first-order valence-electron chi connectivity index (χ1n) is 5.48. The van der Waals surface area contributed by atoms with Gasteiger partial charge >= 0.3 is 0 Å². The molecule has 1 aromatic carbocycles. The quantitative estimate of drug-likeness (QED) is 0.876. The summed E-state index contributed by atoms with van der Waals surface area (Å²) in [5.41, 5.74) is 0.829. The van der Waals surface area contributed by atoms with E-state index in [1.807, 2.05) is 0 Å². The van der Waals surface area contributed by atoms with Crippen molar-refractivity contribution >= 4 is 33.4 Å². The zero-order chi connectivity index (χ0) is 13.7. The maximum Gasteiger partial charge on any atom is 0.258 e. The highest BCUT2D eigenvalue weighted by Gasteiger charge is 2.06. The Hall–Kier alpha value is -1.53. The summed E-state index contributed by atoms with van der Waals surface area (Å²) in [7, 11) is 0. The number of benzene rings is 1. The fraction of sp³-hybridized carbons (Fsp3) is 0.167. The number of nitrogens with one attached hydrogen (secondary N) is 2. The van der Waals surface area contributed by atoms with E-state index >= 15 is 0 Å². The van der Waals surface area contributed by atoms with Crippen molar-refractivity contribution in [3.05, 3.63) is 45.7 Å². The standard InChI is InChI=1S/C12H11BrClN3O2/c13-8-1-2-11(10(14)5-8)19-7-12(18)15-6-9-3-4-16-17-9/h1-5H,6-7H2,(H,15,18)(H,16,17). The predicted octanol–water partition coefficient (Wildman–Crippen LogP) is 2.52. The van der Waals surface area contributed by atoms with E-state index in [1.165, 1.54) is 0 Å². The van der Waals surface area contributed by atoms with Gasteiger partial charge in [-0.15, -0.1) is 0 Å². The van der Waals surface area contributed by atoms with Crippen LogP contribution in [0.25, 0.3) is 0 Å². The molecule has 0 aliphatic heterocycles. The molecule has 2 aromatic rings. The summed E-state index contributed by atoms with van der Waals surface area (Å²) in [5.74, 6) is 0.246. The van der Waals surface area contributed by atoms with Gasteiger partial charge in [0, 0.05) is 10.7 Å². The van der Waals surface area contributed by atoms with Gasteiger partial charge in [0.1, 0.15) is 5.75 Å². The topological polar surface area (TPSA) is 67.0 Å². The second kappa shape index (κ2) is 6.58. The Morgan fingerprint density at radius 2 is 2.32 bits per heavy atom. The van der Waals surface area contributed by atoms with Crippen LogP contribution >= 0.6 is 27.5 Å². The third-order valence-electron chi connectivity index (χ3n) is 2.29. The molecule has 0 fully saturated rings. The number of hydrogen-bond acceptors (Lipinski definition) is 3. The van der Waals surface area contributed by atoms with E-state index < -0.39 is 0 Å². The van der Waals surface area contributed by atoms with E-state index in [0.29, 0.717) is 17.3 Å². The molecule has 2 N–H and O–H groups in total. The molecule has 0 aliphatic carbocycles. The van der Waals surface area contributed by atoms with Crippen molar-refractivity contribution < 1.29 is 9.53 Å². The molecule has 0 aliphatic rings. The fourth-order valence-electron chi connectivity index (χ4n) is 1.36. The van der Waals surface area contributed by atoms with Gasteiger partial charge in [0.25, 0.3) is 5.91 Å². The van der Waals surface area contributed by atoms with Crippen molar-refractivity contribution in [1.82, 2.24) is 15.5 Å². The summed E-state index contributed by atoms with van der Waals surface area (Å²) in [4.78, 5) is 11.6. The first-order chi connectivity index (χ1) is 9.15. The summed E-state index contributed by atoms with van der Waals surface area (Å²) >= 11 is 9.27. The van der Waals surface area contributed by atoms with Crippen LogP contribution in [0.1, 0.15) is 5.69 Å². The molecule has 0 radical (unpaired) electrons. The monoisotopic (exact) mass is 343 g/mol. The molecule has 1 aromatic heterocycles. The SMILES string of the molecule is O=C(COc1ccc(Br)cc1Cl)NCc1ccn[nH]1. The van der Waals surface area contributed by atoms with Crippen LogP contribution in [-0.2, 0) is 11.3 Å². The highest BCUT2D eigenvalue weighted by Crippen LogP contribution is 2.27. The van der Waals surface area contributed by atoms with E-state index in [1.54, 1.807) is 30.5 Å². The maximum absolute atomic E-state index is 11.6. The van der Waals surface area contributed by atoms with Gasteiger partial charge in [-0.2, -0.15) is 5.10 Å². The van der Waals surface area contributed by atoms with Crippen molar-refractivity contribution in [1.29, 1.82) is 0 Å². The molecule has 0 bridgehead atoms. The molecule has 0 spiro atoms. The van der Waals surface area contributed by atoms with Gasteiger partial charge in [-0.05, 0) is 24.3 Å². The van der Waals surface area contributed by atoms with E-state index in [-0.39, 0.29) is 12.5 Å². The lowest BCUT2D eigenvalue weighted by atomic mass is 10.3. The fourth-order valence-corrected chi connectivity index (χ4v) is 2.09. The lowest BCUT2D eigenvalue weighted by Gasteiger charge is -2.08. The smallest absolute Gasteiger partial charge is 0.258 e. The van der Waals surface area contributed by atoms with Crippen LogP contribution in [0.3, 0.4) is 0 Å². The zero-order valence-electron chi connectivity index (χ0n) is 9.82. The van der Waals surface area contributed by atoms with Crippen LogP contribution in [0.15, 0.2) is 34.9 Å². The number of aromatic nitrogens is 2. The Balaban J connectivity index is 1.80. The number of hydrogen-bond donors (Lipinski definition) is 2. The Morgan fingerprint density at radius 1 is 1.47 bits per heavy atom. The van der Waals surface area contributed by atoms with Crippen LogP contribution in [-0.4, -0.2) is 22.7 Å². The molecule has 1 heterocycles. The average Bonchev–Trinajstić information content (AvgIpc) is 2.88. The number of nitrogens with zero attached hydrogens (tertiary/aromatic N) is 1. The molecule has 0 atom stereocenters. The molecule has 19 heavy (non-hydrogen) atoms. The first kappa shape index (κ1) is 13.9. The van der Waals surface area contributed by atoms with Crippen molar-refractivity contribution in [2.45, 2.75) is 6.54 Å². The summed E-state index contributed by atoms with van der Waals surface area (Å²) in [5, 5.41) is 9.69. The number of aromatic amines is 1. The van der Waals surface area contributed by atoms with Gasteiger partial charge in [-0.1, -0.05) is 27.5 Å². The first-order valence-corrected chi connectivity index (χ1v) is 6.65. The molecular weight excluding hydrogens is 334 g/mol. The Labute approximate surface area is 123 Å². The van der Waals surface area contributed by atoms with Crippen LogP contribution < -0.4 is 10.1 Å². The largest absolute Gasteiger partial charge is 0.482 e. The second-order valence-corrected chi connectivity index (χ2v) is 5.04. The highest BCUT2D eigenvalue weighted by molar-refractivity contribution is 9.10. The Bertz CT molecular complexity index is 560. The Morgan fingerprint density at radius 3 is 3.00 bits per heavy atom. The maximum atomic E-state index is 11.6. The minimum Gasteiger partial charge on any atom is -0.482 e. The third kappa shape index (κ3) is 4.25. The van der Waals surface area contributed by atoms with Crippen LogP contribution in [0.5, 0.6) is 5.75 Å². The lowest BCUT2D eigenvalue weighted by molar-refractivity contribution is -0.123. The van der Waals surface area contributed by atoms with Gasteiger partial charge < -0.3 is 10.1 Å². The number of amides is 1. The summed E-state index contributed by atoms with van der Waals surface area (Å²) in [6.45, 7) is 0.297. The molecule has 100 valence electrons. The normalized spacial score (nSPS) is 10.2. The lowest BCUT2D eigenvalue weighted by Crippen LogP contribution is -2.28. The van der Waals surface area contributed by atoms with Crippen LogP contribution in [0.4, 0.5) is 0 Å². The van der Waals surface area contributed by atoms with Crippen LogP contribution in [0.2, 0.25) is 5.02 Å². The molecule has 0 unspecified atom stereocenters. The number of halogens is 2. The van der Waals surface area contributed by atoms with Gasteiger partial charge in [-0.3, -0.25) is 9.89 Å². The second-order valence-electron chi connectivity index (χ2n) is 3.72. The zero-order valence-corrected chi connectivity index (χ0v) is 12.2. The summed E-state index contributed by atoms with van der Waals surface area (Å²) < 4.78 is 6.19. The highest BCUT2D eigenvalue weighted by atomic mass is 79.9. The molecule has 5 nitrogen and oxygen atoms in total. The number of H-pyrrole nitrogens is 1. The molecule has 0 saturated carbocycles. The summed E-state index contributed by atoms with van der Waals surface area (Å²) in [6.07, 6.45) is 1.62. The average molecular weight is 345 g/mol. The van der Waals surface area contributed by atoms with Gasteiger partial charge in [0.15, 0.2) is 6.61 Å².